The fourth-order valence-corrected chi connectivity index (χ4v) is 2.28. The smallest absolute Gasteiger partial charge is 0.307 e. The monoisotopic (exact) mass is 245 g/mol. The Morgan fingerprint density at radius 3 is 2.50 bits per heavy atom. The highest BCUT2D eigenvalue weighted by atomic mass is 16.4. The van der Waals surface area contributed by atoms with Crippen molar-refractivity contribution in [3.8, 4) is 0 Å². The first kappa shape index (κ1) is 12.8. The first-order valence-electron chi connectivity index (χ1n) is 6.40. The van der Waals surface area contributed by atoms with Crippen LogP contribution in [0.15, 0.2) is 42.0 Å². The summed E-state index contributed by atoms with van der Waals surface area (Å²) in [7, 11) is 0. The second-order valence-corrected chi connectivity index (χ2v) is 4.72. The van der Waals surface area contributed by atoms with Gasteiger partial charge in [0, 0.05) is 19.6 Å². The zero-order chi connectivity index (χ0) is 12.8. The third-order valence-electron chi connectivity index (χ3n) is 3.31. The largest absolute Gasteiger partial charge is 0.481 e. The lowest BCUT2D eigenvalue weighted by Gasteiger charge is -2.28. The first-order valence-corrected chi connectivity index (χ1v) is 6.40. The van der Waals surface area contributed by atoms with E-state index in [1.165, 1.54) is 11.1 Å². The second-order valence-electron chi connectivity index (χ2n) is 4.72. The molecule has 3 heteroatoms. The van der Waals surface area contributed by atoms with E-state index in [4.69, 9.17) is 5.11 Å². The summed E-state index contributed by atoms with van der Waals surface area (Å²) >= 11 is 0. The number of carboxylic acid groups (broad SMARTS) is 1. The predicted octanol–water partition coefficient (Wildman–Crippen LogP) is 2.68. The number of aliphatic carboxylic acids is 1. The number of rotatable bonds is 4. The highest BCUT2D eigenvalue weighted by Gasteiger charge is 2.13. The fourth-order valence-electron chi connectivity index (χ4n) is 2.28. The van der Waals surface area contributed by atoms with E-state index < -0.39 is 5.97 Å². The third-order valence-corrected chi connectivity index (χ3v) is 3.31. The molecule has 1 heterocycles. The van der Waals surface area contributed by atoms with Crippen molar-refractivity contribution in [1.29, 1.82) is 0 Å². The Morgan fingerprint density at radius 2 is 1.89 bits per heavy atom. The van der Waals surface area contributed by atoms with Crippen LogP contribution in [0.3, 0.4) is 0 Å². The molecule has 1 saturated heterocycles. The molecule has 1 aromatic carbocycles. The molecule has 1 N–H and O–H groups in total. The minimum absolute atomic E-state index is 0.161. The molecule has 0 amide bonds. The highest BCUT2D eigenvalue weighted by molar-refractivity contribution is 5.68. The standard InChI is InChI=1S/C15H19NO2/c17-15(18)7-6-13-8-10-16(11-9-13)12-14-4-2-1-3-5-14/h1-6H,7-12H2,(H,17,18). The van der Waals surface area contributed by atoms with Gasteiger partial charge >= 0.3 is 5.97 Å². The third kappa shape index (κ3) is 4.00. The average molecular weight is 245 g/mol. The molecule has 0 aromatic heterocycles. The molecular weight excluding hydrogens is 226 g/mol. The van der Waals surface area contributed by atoms with Crippen molar-refractivity contribution < 1.29 is 9.90 Å². The number of carbonyl (C=O) groups is 1. The van der Waals surface area contributed by atoms with Gasteiger partial charge in [-0.05, 0) is 18.4 Å². The number of hydrogen-bond acceptors (Lipinski definition) is 2. The first-order chi connectivity index (χ1) is 8.74. The summed E-state index contributed by atoms with van der Waals surface area (Å²) in [6.07, 6.45) is 4.04. The van der Waals surface area contributed by atoms with Gasteiger partial charge in [0.2, 0.25) is 0 Å². The van der Waals surface area contributed by atoms with Crippen LogP contribution < -0.4 is 0 Å². The van der Waals surface area contributed by atoms with Crippen molar-refractivity contribution in [2.24, 2.45) is 0 Å². The van der Waals surface area contributed by atoms with Crippen LogP contribution in [0.2, 0.25) is 0 Å². The minimum atomic E-state index is -0.741. The van der Waals surface area contributed by atoms with Crippen LogP contribution in [-0.4, -0.2) is 29.1 Å². The van der Waals surface area contributed by atoms with Gasteiger partial charge in [-0.15, -0.1) is 0 Å². The van der Waals surface area contributed by atoms with Crippen LogP contribution in [0.1, 0.15) is 24.8 Å². The Balaban J connectivity index is 1.80. The van der Waals surface area contributed by atoms with Gasteiger partial charge in [0.1, 0.15) is 0 Å². The van der Waals surface area contributed by atoms with Crippen LogP contribution >= 0.6 is 0 Å². The van der Waals surface area contributed by atoms with Crippen molar-refractivity contribution in [3.63, 3.8) is 0 Å². The molecule has 0 atom stereocenters. The van der Waals surface area contributed by atoms with Gasteiger partial charge in [0.05, 0.1) is 6.42 Å². The SMILES string of the molecule is O=C(O)CC=C1CCN(Cc2ccccc2)CC1. The highest BCUT2D eigenvalue weighted by Crippen LogP contribution is 2.18. The summed E-state index contributed by atoms with van der Waals surface area (Å²) in [5, 5.41) is 8.64. The lowest BCUT2D eigenvalue weighted by molar-refractivity contribution is -0.136. The Bertz CT molecular complexity index is 415. The molecule has 18 heavy (non-hydrogen) atoms. The van der Waals surface area contributed by atoms with Crippen LogP contribution in [0.5, 0.6) is 0 Å². The summed E-state index contributed by atoms with van der Waals surface area (Å²) in [5.74, 6) is -0.741. The molecular formula is C15H19NO2. The maximum absolute atomic E-state index is 10.5. The molecule has 0 unspecified atom stereocenters. The van der Waals surface area contributed by atoms with Crippen molar-refractivity contribution in [2.75, 3.05) is 13.1 Å². The summed E-state index contributed by atoms with van der Waals surface area (Å²) < 4.78 is 0. The van der Waals surface area contributed by atoms with Crippen LogP contribution in [0.25, 0.3) is 0 Å². The van der Waals surface area contributed by atoms with E-state index in [0.717, 1.165) is 32.5 Å². The van der Waals surface area contributed by atoms with Crippen molar-refractivity contribution in [3.05, 3.63) is 47.5 Å². The number of nitrogens with zero attached hydrogens (tertiary/aromatic N) is 1. The van der Waals surface area contributed by atoms with E-state index >= 15 is 0 Å². The number of carboxylic acids is 1. The van der Waals surface area contributed by atoms with Gasteiger partial charge in [-0.3, -0.25) is 9.69 Å². The maximum atomic E-state index is 10.5. The van der Waals surface area contributed by atoms with Gasteiger partial charge < -0.3 is 5.11 Å². The number of piperidine rings is 1. The average Bonchev–Trinajstić information content (AvgIpc) is 2.39. The van der Waals surface area contributed by atoms with Gasteiger partial charge in [-0.1, -0.05) is 42.0 Å². The summed E-state index contributed by atoms with van der Waals surface area (Å²) in [5.41, 5.74) is 2.64. The Hall–Kier alpha value is -1.61. The molecule has 0 aliphatic carbocycles. The Labute approximate surface area is 108 Å². The van der Waals surface area contributed by atoms with Gasteiger partial charge in [0.15, 0.2) is 0 Å². The normalized spacial score (nSPS) is 16.6. The minimum Gasteiger partial charge on any atom is -0.481 e. The van der Waals surface area contributed by atoms with Gasteiger partial charge in [-0.25, -0.2) is 0 Å². The molecule has 0 radical (unpaired) electrons. The van der Waals surface area contributed by atoms with E-state index in [2.05, 4.69) is 29.2 Å². The van der Waals surface area contributed by atoms with E-state index in [0.29, 0.717) is 0 Å². The van der Waals surface area contributed by atoms with Crippen molar-refractivity contribution in [1.82, 2.24) is 4.90 Å². The molecule has 96 valence electrons. The molecule has 2 rings (SSSR count). The molecule has 0 spiro atoms. The molecule has 3 nitrogen and oxygen atoms in total. The number of hydrogen-bond donors (Lipinski definition) is 1. The fraction of sp³-hybridized carbons (Fsp3) is 0.400. The topological polar surface area (TPSA) is 40.5 Å². The van der Waals surface area contributed by atoms with E-state index in [1.807, 2.05) is 12.1 Å². The number of likely N-dealkylation sites (tertiary alicyclic amines) is 1. The summed E-state index contributed by atoms with van der Waals surface area (Å²) in [6, 6.07) is 10.5. The van der Waals surface area contributed by atoms with Crippen LogP contribution in [-0.2, 0) is 11.3 Å². The Kier molecular flexibility index (Phi) is 4.53. The lowest BCUT2D eigenvalue weighted by Crippen LogP contribution is -2.30. The summed E-state index contributed by atoms with van der Waals surface area (Å²) in [4.78, 5) is 12.9. The lowest BCUT2D eigenvalue weighted by atomic mass is 10.0. The number of benzene rings is 1. The van der Waals surface area contributed by atoms with E-state index in [9.17, 15) is 4.79 Å². The maximum Gasteiger partial charge on any atom is 0.307 e. The zero-order valence-electron chi connectivity index (χ0n) is 10.5. The van der Waals surface area contributed by atoms with Crippen molar-refractivity contribution >= 4 is 5.97 Å². The van der Waals surface area contributed by atoms with Crippen LogP contribution in [0, 0.1) is 0 Å². The van der Waals surface area contributed by atoms with Crippen molar-refractivity contribution in [2.45, 2.75) is 25.8 Å². The zero-order valence-corrected chi connectivity index (χ0v) is 10.5. The van der Waals surface area contributed by atoms with E-state index in [-0.39, 0.29) is 6.42 Å². The van der Waals surface area contributed by atoms with E-state index in [1.54, 1.807) is 0 Å². The molecule has 1 aromatic rings. The van der Waals surface area contributed by atoms with Gasteiger partial charge in [0.25, 0.3) is 0 Å². The summed E-state index contributed by atoms with van der Waals surface area (Å²) in [6.45, 7) is 3.05. The molecule has 0 bridgehead atoms. The van der Waals surface area contributed by atoms with Crippen LogP contribution in [0.4, 0.5) is 0 Å². The molecule has 1 aliphatic heterocycles. The predicted molar refractivity (Wildman–Crippen MR) is 71.3 cm³/mol. The molecule has 1 aliphatic rings. The van der Waals surface area contributed by atoms with Gasteiger partial charge in [-0.2, -0.15) is 0 Å². The molecule has 0 saturated carbocycles. The Morgan fingerprint density at radius 1 is 1.22 bits per heavy atom. The quantitative estimate of drug-likeness (QED) is 0.829. The molecule has 1 fully saturated rings. The second kappa shape index (κ2) is 6.36.